The van der Waals surface area contributed by atoms with Crippen LogP contribution < -0.4 is 4.74 Å². The maximum absolute atomic E-state index is 10.0. The Bertz CT molecular complexity index is 256. The Morgan fingerprint density at radius 2 is 2.00 bits per heavy atom. The number of rotatable bonds is 5. The first-order valence-electron chi connectivity index (χ1n) is 4.15. The molecule has 0 atom stereocenters. The van der Waals surface area contributed by atoms with Crippen LogP contribution in [-0.4, -0.2) is 12.9 Å². The number of hydrogen-bond donors (Lipinski definition) is 0. The van der Waals surface area contributed by atoms with Gasteiger partial charge in [-0.05, 0) is 53.3 Å². The van der Waals surface area contributed by atoms with E-state index < -0.39 is 0 Å². The van der Waals surface area contributed by atoms with Crippen molar-refractivity contribution in [3.8, 4) is 5.75 Å². The molecule has 0 saturated carbocycles. The molecule has 0 unspecified atom stereocenters. The molecule has 0 aliphatic carbocycles. The van der Waals surface area contributed by atoms with E-state index in [0.29, 0.717) is 13.0 Å². The van der Waals surface area contributed by atoms with Crippen LogP contribution in [-0.2, 0) is 4.79 Å². The smallest absolute Gasteiger partial charge is 0.120 e. The average molecular weight is 290 g/mol. The van der Waals surface area contributed by atoms with Gasteiger partial charge in [0.2, 0.25) is 0 Å². The van der Waals surface area contributed by atoms with Crippen LogP contribution in [0.2, 0.25) is 0 Å². The molecule has 1 rings (SSSR count). The lowest BCUT2D eigenvalue weighted by molar-refractivity contribution is -0.108. The lowest BCUT2D eigenvalue weighted by atomic mass is 10.3. The van der Waals surface area contributed by atoms with E-state index in [9.17, 15) is 4.79 Å². The Labute approximate surface area is 91.4 Å². The van der Waals surface area contributed by atoms with Crippen LogP contribution in [0.3, 0.4) is 0 Å². The zero-order chi connectivity index (χ0) is 9.52. The molecule has 1 aromatic carbocycles. The minimum Gasteiger partial charge on any atom is -0.494 e. The van der Waals surface area contributed by atoms with Gasteiger partial charge in [-0.25, -0.2) is 0 Å². The number of aldehydes is 1. The molecule has 2 nitrogen and oxygen atoms in total. The molecular formula is C10H11IO2. The van der Waals surface area contributed by atoms with Gasteiger partial charge in [-0.2, -0.15) is 0 Å². The maximum Gasteiger partial charge on any atom is 0.120 e. The van der Waals surface area contributed by atoms with Crippen LogP contribution in [0.15, 0.2) is 24.3 Å². The van der Waals surface area contributed by atoms with Gasteiger partial charge in [0, 0.05) is 9.99 Å². The molecule has 0 aliphatic rings. The highest BCUT2D eigenvalue weighted by Crippen LogP contribution is 2.13. The summed E-state index contributed by atoms with van der Waals surface area (Å²) in [7, 11) is 0. The molecule has 0 aliphatic heterocycles. The van der Waals surface area contributed by atoms with E-state index in [-0.39, 0.29) is 0 Å². The fraction of sp³-hybridized carbons (Fsp3) is 0.300. The third-order valence-corrected chi connectivity index (χ3v) is 2.27. The molecule has 0 saturated heterocycles. The second-order valence-corrected chi connectivity index (χ2v) is 3.86. The highest BCUT2D eigenvalue weighted by Gasteiger charge is 1.92. The monoisotopic (exact) mass is 290 g/mol. The Balaban J connectivity index is 2.28. The normalized spacial score (nSPS) is 9.62. The summed E-state index contributed by atoms with van der Waals surface area (Å²) in [5.41, 5.74) is 0. The number of benzene rings is 1. The molecule has 0 fully saturated rings. The van der Waals surface area contributed by atoms with Gasteiger partial charge in [-0.15, -0.1) is 0 Å². The Kier molecular flexibility index (Phi) is 4.82. The Morgan fingerprint density at radius 1 is 1.31 bits per heavy atom. The van der Waals surface area contributed by atoms with E-state index in [1.165, 1.54) is 3.57 Å². The summed E-state index contributed by atoms with van der Waals surface area (Å²) < 4.78 is 6.59. The average Bonchev–Trinajstić information content (AvgIpc) is 2.15. The molecule has 70 valence electrons. The van der Waals surface area contributed by atoms with Gasteiger partial charge >= 0.3 is 0 Å². The first-order valence-corrected chi connectivity index (χ1v) is 5.23. The summed E-state index contributed by atoms with van der Waals surface area (Å²) in [6.07, 6.45) is 2.27. The van der Waals surface area contributed by atoms with Crippen molar-refractivity contribution < 1.29 is 9.53 Å². The summed E-state index contributed by atoms with van der Waals surface area (Å²) in [6.45, 7) is 0.610. The van der Waals surface area contributed by atoms with Crippen molar-refractivity contribution in [2.75, 3.05) is 6.61 Å². The Morgan fingerprint density at radius 3 is 2.62 bits per heavy atom. The van der Waals surface area contributed by atoms with Gasteiger partial charge in [-0.1, -0.05) is 0 Å². The van der Waals surface area contributed by atoms with Crippen molar-refractivity contribution in [3.05, 3.63) is 27.8 Å². The van der Waals surface area contributed by atoms with Gasteiger partial charge < -0.3 is 9.53 Å². The standard InChI is InChI=1S/C10H11IO2/c11-9-3-5-10(6-4-9)13-8-2-1-7-12/h3-7H,1-2,8H2. The Hall–Kier alpha value is -0.580. The third kappa shape index (κ3) is 4.26. The van der Waals surface area contributed by atoms with Crippen LogP contribution in [0.5, 0.6) is 5.75 Å². The highest BCUT2D eigenvalue weighted by atomic mass is 127. The summed E-state index contributed by atoms with van der Waals surface area (Å²) >= 11 is 2.25. The zero-order valence-electron chi connectivity index (χ0n) is 7.20. The second kappa shape index (κ2) is 5.96. The summed E-state index contributed by atoms with van der Waals surface area (Å²) in [6, 6.07) is 7.86. The van der Waals surface area contributed by atoms with E-state index in [1.54, 1.807) is 0 Å². The molecule has 0 aromatic heterocycles. The molecule has 0 spiro atoms. The van der Waals surface area contributed by atoms with Crippen molar-refractivity contribution in [2.24, 2.45) is 0 Å². The lowest BCUT2D eigenvalue weighted by Gasteiger charge is -2.03. The van der Waals surface area contributed by atoms with Gasteiger partial charge in [0.25, 0.3) is 0 Å². The zero-order valence-corrected chi connectivity index (χ0v) is 9.36. The minimum atomic E-state index is 0.574. The summed E-state index contributed by atoms with van der Waals surface area (Å²) in [5.74, 6) is 0.867. The van der Waals surface area contributed by atoms with Crippen molar-refractivity contribution >= 4 is 28.9 Å². The molecule has 0 N–H and O–H groups in total. The molecule has 0 amide bonds. The van der Waals surface area contributed by atoms with Crippen molar-refractivity contribution in [1.29, 1.82) is 0 Å². The first kappa shape index (κ1) is 10.5. The number of carbonyl (C=O) groups excluding carboxylic acids is 1. The number of unbranched alkanes of at least 4 members (excludes halogenated alkanes) is 1. The molecule has 13 heavy (non-hydrogen) atoms. The van der Waals surface area contributed by atoms with Crippen LogP contribution in [0.25, 0.3) is 0 Å². The van der Waals surface area contributed by atoms with E-state index >= 15 is 0 Å². The molecule has 0 heterocycles. The number of halogens is 1. The fourth-order valence-electron chi connectivity index (χ4n) is 0.888. The van der Waals surface area contributed by atoms with Crippen LogP contribution in [0.4, 0.5) is 0 Å². The van der Waals surface area contributed by atoms with Gasteiger partial charge in [0.05, 0.1) is 6.61 Å². The second-order valence-electron chi connectivity index (χ2n) is 2.61. The third-order valence-electron chi connectivity index (χ3n) is 1.55. The summed E-state index contributed by atoms with van der Waals surface area (Å²) in [4.78, 5) is 10.0. The molecular weight excluding hydrogens is 279 g/mol. The fourth-order valence-corrected chi connectivity index (χ4v) is 1.25. The first-order chi connectivity index (χ1) is 6.33. The minimum absolute atomic E-state index is 0.574. The van der Waals surface area contributed by atoms with Crippen LogP contribution in [0, 0.1) is 3.57 Å². The lowest BCUT2D eigenvalue weighted by Crippen LogP contribution is -1.97. The van der Waals surface area contributed by atoms with Gasteiger partial charge in [0.15, 0.2) is 0 Å². The number of ether oxygens (including phenoxy) is 1. The quantitative estimate of drug-likeness (QED) is 0.473. The van der Waals surface area contributed by atoms with Crippen molar-refractivity contribution in [3.63, 3.8) is 0 Å². The van der Waals surface area contributed by atoms with E-state index in [2.05, 4.69) is 22.6 Å². The SMILES string of the molecule is O=CCCCOc1ccc(I)cc1. The topological polar surface area (TPSA) is 26.3 Å². The van der Waals surface area contributed by atoms with Crippen LogP contribution >= 0.6 is 22.6 Å². The largest absolute Gasteiger partial charge is 0.494 e. The molecule has 0 radical (unpaired) electrons. The van der Waals surface area contributed by atoms with Crippen molar-refractivity contribution in [2.45, 2.75) is 12.8 Å². The van der Waals surface area contributed by atoms with Crippen molar-refractivity contribution in [1.82, 2.24) is 0 Å². The highest BCUT2D eigenvalue weighted by molar-refractivity contribution is 14.1. The summed E-state index contributed by atoms with van der Waals surface area (Å²) in [5, 5.41) is 0. The molecule has 0 bridgehead atoms. The predicted molar refractivity (Wildman–Crippen MR) is 60.0 cm³/mol. The van der Waals surface area contributed by atoms with E-state index in [4.69, 9.17) is 4.74 Å². The van der Waals surface area contributed by atoms with Gasteiger partial charge in [0.1, 0.15) is 12.0 Å². The molecule has 3 heteroatoms. The molecule has 1 aromatic rings. The number of carbonyl (C=O) groups is 1. The van der Waals surface area contributed by atoms with E-state index in [1.807, 2.05) is 24.3 Å². The van der Waals surface area contributed by atoms with Gasteiger partial charge in [-0.3, -0.25) is 0 Å². The maximum atomic E-state index is 10.0. The van der Waals surface area contributed by atoms with Crippen LogP contribution in [0.1, 0.15) is 12.8 Å². The predicted octanol–water partition coefficient (Wildman–Crippen LogP) is 2.65. The van der Waals surface area contributed by atoms with E-state index in [0.717, 1.165) is 18.5 Å². The number of hydrogen-bond acceptors (Lipinski definition) is 2.